The van der Waals surface area contributed by atoms with E-state index in [2.05, 4.69) is 22.5 Å². The molecular weight excluding hydrogens is 251 g/mol. The maximum absolute atomic E-state index is 5.83. The Hall–Kier alpha value is -0.310. The molecule has 1 rings (SSSR count). The fraction of sp³-hybridized carbons (Fsp3) is 0.200. The molecule has 3 heteroatoms. The van der Waals surface area contributed by atoms with Crippen LogP contribution in [0.5, 0.6) is 0 Å². The van der Waals surface area contributed by atoms with Gasteiger partial charge in [0.25, 0.3) is 0 Å². The first kappa shape index (κ1) is 10.8. The zero-order valence-corrected chi connectivity index (χ0v) is 9.44. The molecule has 0 aliphatic carbocycles. The molecule has 0 spiro atoms. The van der Waals surface area contributed by atoms with Crippen molar-refractivity contribution in [3.63, 3.8) is 0 Å². The predicted molar refractivity (Wildman–Crippen MR) is 59.0 cm³/mol. The van der Waals surface area contributed by atoms with E-state index in [1.807, 2.05) is 18.2 Å². The maximum Gasteiger partial charge on any atom is 0.0732 e. The Balaban J connectivity index is 2.64. The van der Waals surface area contributed by atoms with Gasteiger partial charge in [0.15, 0.2) is 0 Å². The number of benzene rings is 1. The van der Waals surface area contributed by atoms with Gasteiger partial charge in [0.05, 0.1) is 13.2 Å². The van der Waals surface area contributed by atoms with Crippen LogP contribution in [0.1, 0.15) is 5.56 Å². The minimum atomic E-state index is 0.549. The molecule has 1 aromatic carbocycles. The molecule has 0 amide bonds. The molecule has 0 unspecified atom stereocenters. The molecule has 0 saturated heterocycles. The molecule has 0 aliphatic rings. The summed E-state index contributed by atoms with van der Waals surface area (Å²) < 4.78 is 6.31. The largest absolute Gasteiger partial charge is 0.373 e. The van der Waals surface area contributed by atoms with Crippen LogP contribution >= 0.6 is 27.5 Å². The van der Waals surface area contributed by atoms with Crippen LogP contribution in [0, 0.1) is 0 Å². The number of rotatable bonds is 4. The monoisotopic (exact) mass is 260 g/mol. The molecule has 0 N–H and O–H groups in total. The molecule has 0 atom stereocenters. The summed E-state index contributed by atoms with van der Waals surface area (Å²) in [6, 6.07) is 5.63. The Kier molecular flexibility index (Phi) is 4.50. The first-order chi connectivity index (χ1) is 6.24. The van der Waals surface area contributed by atoms with Crippen LogP contribution in [0.25, 0.3) is 0 Å². The van der Waals surface area contributed by atoms with Gasteiger partial charge >= 0.3 is 0 Å². The van der Waals surface area contributed by atoms with E-state index < -0.39 is 0 Å². The predicted octanol–water partition coefficient (Wildman–Crippen LogP) is 3.81. The first-order valence-corrected chi connectivity index (χ1v) is 5.03. The Labute approximate surface area is 91.5 Å². The molecule has 13 heavy (non-hydrogen) atoms. The van der Waals surface area contributed by atoms with E-state index in [0.717, 1.165) is 15.1 Å². The van der Waals surface area contributed by atoms with Gasteiger partial charge in [-0.05, 0) is 23.8 Å². The lowest BCUT2D eigenvalue weighted by Crippen LogP contribution is -1.93. The second-order valence-corrected chi connectivity index (χ2v) is 3.83. The van der Waals surface area contributed by atoms with Crippen molar-refractivity contribution < 1.29 is 4.74 Å². The molecule has 0 heterocycles. The van der Waals surface area contributed by atoms with Crippen LogP contribution in [-0.4, -0.2) is 6.61 Å². The number of hydrogen-bond acceptors (Lipinski definition) is 1. The van der Waals surface area contributed by atoms with Crippen molar-refractivity contribution in [2.24, 2.45) is 0 Å². The van der Waals surface area contributed by atoms with Gasteiger partial charge in [0, 0.05) is 9.50 Å². The van der Waals surface area contributed by atoms with Crippen molar-refractivity contribution in [1.29, 1.82) is 0 Å². The van der Waals surface area contributed by atoms with Gasteiger partial charge < -0.3 is 4.74 Å². The highest BCUT2D eigenvalue weighted by atomic mass is 79.9. The van der Waals surface area contributed by atoms with E-state index in [9.17, 15) is 0 Å². The van der Waals surface area contributed by atoms with Crippen LogP contribution in [-0.2, 0) is 11.3 Å². The van der Waals surface area contributed by atoms with Crippen LogP contribution in [0.3, 0.4) is 0 Å². The molecule has 1 aromatic rings. The van der Waals surface area contributed by atoms with Gasteiger partial charge in [-0.2, -0.15) is 0 Å². The minimum Gasteiger partial charge on any atom is -0.373 e. The van der Waals surface area contributed by atoms with E-state index in [1.165, 1.54) is 0 Å². The molecule has 70 valence electrons. The summed E-state index contributed by atoms with van der Waals surface area (Å²) >= 11 is 9.25. The standard InChI is InChI=1S/C10H10BrClO/c1-2-5-13-7-8-6-9(12)3-4-10(8)11/h2-4,6H,1,5,7H2. The molecule has 0 radical (unpaired) electrons. The smallest absolute Gasteiger partial charge is 0.0732 e. The fourth-order valence-electron chi connectivity index (χ4n) is 0.906. The lowest BCUT2D eigenvalue weighted by molar-refractivity contribution is 0.148. The summed E-state index contributed by atoms with van der Waals surface area (Å²) in [4.78, 5) is 0. The van der Waals surface area contributed by atoms with E-state index in [4.69, 9.17) is 16.3 Å². The van der Waals surface area contributed by atoms with Crippen molar-refractivity contribution in [3.05, 3.63) is 45.9 Å². The van der Waals surface area contributed by atoms with E-state index in [-0.39, 0.29) is 0 Å². The number of hydrogen-bond donors (Lipinski definition) is 0. The quantitative estimate of drug-likeness (QED) is 0.592. The zero-order valence-electron chi connectivity index (χ0n) is 7.09. The molecular formula is C10H10BrClO. The Bertz CT molecular complexity index is 299. The van der Waals surface area contributed by atoms with Crippen molar-refractivity contribution in [1.82, 2.24) is 0 Å². The molecule has 1 nitrogen and oxygen atoms in total. The van der Waals surface area contributed by atoms with E-state index in [0.29, 0.717) is 13.2 Å². The summed E-state index contributed by atoms with van der Waals surface area (Å²) in [5.41, 5.74) is 1.05. The van der Waals surface area contributed by atoms with Gasteiger partial charge in [-0.1, -0.05) is 33.6 Å². The Morgan fingerprint density at radius 3 is 3.00 bits per heavy atom. The number of halogens is 2. The third-order valence-electron chi connectivity index (χ3n) is 1.50. The molecule has 0 saturated carbocycles. The topological polar surface area (TPSA) is 9.23 Å². The summed E-state index contributed by atoms with van der Waals surface area (Å²) in [6.07, 6.45) is 1.72. The van der Waals surface area contributed by atoms with Gasteiger partial charge in [-0.15, -0.1) is 6.58 Å². The summed E-state index contributed by atoms with van der Waals surface area (Å²) in [5, 5.41) is 0.723. The first-order valence-electron chi connectivity index (χ1n) is 3.86. The summed E-state index contributed by atoms with van der Waals surface area (Å²) in [5.74, 6) is 0. The highest BCUT2D eigenvalue weighted by Crippen LogP contribution is 2.21. The third-order valence-corrected chi connectivity index (χ3v) is 2.51. The van der Waals surface area contributed by atoms with Crippen molar-refractivity contribution >= 4 is 27.5 Å². The lowest BCUT2D eigenvalue weighted by atomic mass is 10.2. The average molecular weight is 262 g/mol. The van der Waals surface area contributed by atoms with Crippen molar-refractivity contribution in [2.75, 3.05) is 6.61 Å². The van der Waals surface area contributed by atoms with Gasteiger partial charge in [-0.25, -0.2) is 0 Å². The van der Waals surface area contributed by atoms with E-state index >= 15 is 0 Å². The SMILES string of the molecule is C=CCOCc1cc(Cl)ccc1Br. The second kappa shape index (κ2) is 5.43. The van der Waals surface area contributed by atoms with Gasteiger partial charge in [-0.3, -0.25) is 0 Å². The van der Waals surface area contributed by atoms with Crippen LogP contribution < -0.4 is 0 Å². The van der Waals surface area contributed by atoms with Crippen LogP contribution in [0.15, 0.2) is 35.3 Å². The van der Waals surface area contributed by atoms with Crippen LogP contribution in [0.4, 0.5) is 0 Å². The fourth-order valence-corrected chi connectivity index (χ4v) is 1.46. The second-order valence-electron chi connectivity index (χ2n) is 2.54. The number of ether oxygens (including phenoxy) is 1. The van der Waals surface area contributed by atoms with E-state index in [1.54, 1.807) is 6.08 Å². The van der Waals surface area contributed by atoms with Gasteiger partial charge in [0.2, 0.25) is 0 Å². The Morgan fingerprint density at radius 1 is 1.54 bits per heavy atom. The van der Waals surface area contributed by atoms with Gasteiger partial charge in [0.1, 0.15) is 0 Å². The molecule has 0 fully saturated rings. The average Bonchev–Trinajstić information content (AvgIpc) is 2.11. The lowest BCUT2D eigenvalue weighted by Gasteiger charge is -2.04. The molecule has 0 aromatic heterocycles. The summed E-state index contributed by atoms with van der Waals surface area (Å²) in [7, 11) is 0. The summed E-state index contributed by atoms with van der Waals surface area (Å²) in [6.45, 7) is 4.67. The maximum atomic E-state index is 5.83. The third kappa shape index (κ3) is 3.51. The zero-order chi connectivity index (χ0) is 9.68. The Morgan fingerprint density at radius 2 is 2.31 bits per heavy atom. The molecule has 0 bridgehead atoms. The highest BCUT2D eigenvalue weighted by Gasteiger charge is 1.99. The van der Waals surface area contributed by atoms with Crippen molar-refractivity contribution in [2.45, 2.75) is 6.61 Å². The highest BCUT2D eigenvalue weighted by molar-refractivity contribution is 9.10. The van der Waals surface area contributed by atoms with Crippen LogP contribution in [0.2, 0.25) is 5.02 Å². The minimum absolute atomic E-state index is 0.549. The van der Waals surface area contributed by atoms with Crippen molar-refractivity contribution in [3.8, 4) is 0 Å². The molecule has 0 aliphatic heterocycles. The normalized spacial score (nSPS) is 10.0.